The van der Waals surface area contributed by atoms with E-state index in [0.29, 0.717) is 39.0 Å². The summed E-state index contributed by atoms with van der Waals surface area (Å²) in [7, 11) is 0. The van der Waals surface area contributed by atoms with Gasteiger partial charge in [-0.1, -0.05) is 36.4 Å². The van der Waals surface area contributed by atoms with Crippen LogP contribution in [0, 0.1) is 5.41 Å². The van der Waals surface area contributed by atoms with Crippen LogP contribution < -0.4 is 4.74 Å². The number of likely N-dealkylation sites (tertiary alicyclic amines) is 1. The minimum atomic E-state index is -0.826. The molecule has 5 nitrogen and oxygen atoms in total. The maximum Gasteiger partial charge on any atom is 0.311 e. The molecule has 2 aromatic rings. The van der Waals surface area contributed by atoms with E-state index in [4.69, 9.17) is 4.74 Å². The molecule has 138 valence electrons. The molecule has 26 heavy (non-hydrogen) atoms. The molecule has 1 N–H and O–H groups in total. The largest absolute Gasteiger partial charge is 0.493 e. The molecule has 1 atom stereocenters. The van der Waals surface area contributed by atoms with E-state index >= 15 is 0 Å². The zero-order chi connectivity index (χ0) is 18.6. The van der Waals surface area contributed by atoms with Crippen molar-refractivity contribution in [3.8, 4) is 5.75 Å². The van der Waals surface area contributed by atoms with Crippen LogP contribution in [-0.2, 0) is 9.59 Å². The molecule has 1 aliphatic rings. The van der Waals surface area contributed by atoms with E-state index in [1.807, 2.05) is 42.5 Å². The lowest BCUT2D eigenvalue weighted by Gasteiger charge is -2.37. The third-order valence-electron chi connectivity index (χ3n) is 5.11. The zero-order valence-electron chi connectivity index (χ0n) is 15.1. The Morgan fingerprint density at radius 3 is 2.77 bits per heavy atom. The fourth-order valence-electron chi connectivity index (χ4n) is 3.51. The monoisotopic (exact) mass is 355 g/mol. The lowest BCUT2D eigenvalue weighted by Crippen LogP contribution is -2.48. The molecule has 1 aliphatic heterocycles. The van der Waals surface area contributed by atoms with E-state index in [1.165, 1.54) is 0 Å². The first-order valence-electron chi connectivity index (χ1n) is 9.11. The van der Waals surface area contributed by atoms with Gasteiger partial charge in [0.25, 0.3) is 0 Å². The van der Waals surface area contributed by atoms with Crippen LogP contribution in [0.4, 0.5) is 0 Å². The number of benzene rings is 2. The summed E-state index contributed by atoms with van der Waals surface area (Å²) in [6, 6.07) is 14.0. The molecule has 3 rings (SSSR count). The molecule has 0 spiro atoms. The molecule has 1 fully saturated rings. The highest BCUT2D eigenvalue weighted by atomic mass is 16.5. The SMILES string of the molecule is CC1(C(=O)O)CCCN(C(=O)CCCOc2cccc3ccccc23)C1. The van der Waals surface area contributed by atoms with Crippen molar-refractivity contribution in [2.75, 3.05) is 19.7 Å². The second-order valence-electron chi connectivity index (χ2n) is 7.21. The fourth-order valence-corrected chi connectivity index (χ4v) is 3.51. The molecule has 2 aromatic carbocycles. The van der Waals surface area contributed by atoms with Gasteiger partial charge in [0.15, 0.2) is 0 Å². The van der Waals surface area contributed by atoms with Gasteiger partial charge in [-0.3, -0.25) is 9.59 Å². The summed E-state index contributed by atoms with van der Waals surface area (Å²) < 4.78 is 5.87. The highest BCUT2D eigenvalue weighted by Crippen LogP contribution is 2.30. The molecule has 0 aliphatic carbocycles. The summed E-state index contributed by atoms with van der Waals surface area (Å²) >= 11 is 0. The Kier molecular flexibility index (Phi) is 5.45. The number of carbonyl (C=O) groups excluding carboxylic acids is 1. The van der Waals surface area contributed by atoms with Crippen molar-refractivity contribution in [3.05, 3.63) is 42.5 Å². The van der Waals surface area contributed by atoms with Crippen molar-refractivity contribution in [3.63, 3.8) is 0 Å². The minimum absolute atomic E-state index is 0.0127. The zero-order valence-corrected chi connectivity index (χ0v) is 15.1. The highest BCUT2D eigenvalue weighted by Gasteiger charge is 2.39. The molecule has 1 unspecified atom stereocenters. The third kappa shape index (κ3) is 3.98. The maximum absolute atomic E-state index is 12.4. The van der Waals surface area contributed by atoms with E-state index in [9.17, 15) is 14.7 Å². The van der Waals surface area contributed by atoms with Crippen molar-refractivity contribution in [2.45, 2.75) is 32.6 Å². The lowest BCUT2D eigenvalue weighted by atomic mass is 9.82. The summed E-state index contributed by atoms with van der Waals surface area (Å²) in [6.45, 7) is 3.12. The van der Waals surface area contributed by atoms with Crippen LogP contribution >= 0.6 is 0 Å². The van der Waals surface area contributed by atoms with Gasteiger partial charge < -0.3 is 14.7 Å². The molecule has 0 aromatic heterocycles. The van der Waals surface area contributed by atoms with E-state index < -0.39 is 11.4 Å². The highest BCUT2D eigenvalue weighted by molar-refractivity contribution is 5.88. The van der Waals surface area contributed by atoms with Crippen molar-refractivity contribution in [1.29, 1.82) is 0 Å². The molecule has 0 saturated carbocycles. The Balaban J connectivity index is 1.50. The summed E-state index contributed by atoms with van der Waals surface area (Å²) in [5.74, 6) is 0.0138. The van der Waals surface area contributed by atoms with Gasteiger partial charge in [0.05, 0.1) is 12.0 Å². The van der Waals surface area contributed by atoms with Gasteiger partial charge in [-0.2, -0.15) is 0 Å². The molecule has 1 heterocycles. The lowest BCUT2D eigenvalue weighted by molar-refractivity contribution is -0.153. The van der Waals surface area contributed by atoms with Crippen molar-refractivity contribution < 1.29 is 19.4 Å². The van der Waals surface area contributed by atoms with E-state index in [1.54, 1.807) is 11.8 Å². The molecule has 0 radical (unpaired) electrons. The minimum Gasteiger partial charge on any atom is -0.493 e. The van der Waals surface area contributed by atoms with E-state index in [2.05, 4.69) is 0 Å². The van der Waals surface area contributed by atoms with Gasteiger partial charge in [0, 0.05) is 24.9 Å². The number of carbonyl (C=O) groups is 2. The summed E-state index contributed by atoms with van der Waals surface area (Å²) in [4.78, 5) is 25.5. The van der Waals surface area contributed by atoms with Gasteiger partial charge in [0.1, 0.15) is 5.75 Å². The Labute approximate surface area is 153 Å². The van der Waals surface area contributed by atoms with Crippen LogP contribution in [0.3, 0.4) is 0 Å². The van der Waals surface area contributed by atoms with Crippen molar-refractivity contribution in [2.24, 2.45) is 5.41 Å². The first kappa shape index (κ1) is 18.2. The number of hydrogen-bond donors (Lipinski definition) is 1. The van der Waals surface area contributed by atoms with Crippen LogP contribution in [0.5, 0.6) is 5.75 Å². The molecule has 5 heteroatoms. The molecular formula is C21H25NO4. The van der Waals surface area contributed by atoms with E-state index in [0.717, 1.165) is 22.9 Å². The normalized spacial score (nSPS) is 20.1. The van der Waals surface area contributed by atoms with Crippen LogP contribution in [0.1, 0.15) is 32.6 Å². The summed E-state index contributed by atoms with van der Waals surface area (Å²) in [5.41, 5.74) is -0.826. The first-order chi connectivity index (χ1) is 12.5. The molecule has 0 bridgehead atoms. The average molecular weight is 355 g/mol. The molecule has 1 saturated heterocycles. The number of nitrogens with zero attached hydrogens (tertiary/aromatic N) is 1. The Hall–Kier alpha value is -2.56. The van der Waals surface area contributed by atoms with E-state index in [-0.39, 0.29) is 5.91 Å². The maximum atomic E-state index is 12.4. The second-order valence-corrected chi connectivity index (χ2v) is 7.21. The number of carboxylic acid groups (broad SMARTS) is 1. The number of rotatable bonds is 6. The van der Waals surface area contributed by atoms with Crippen LogP contribution in [0.15, 0.2) is 42.5 Å². The van der Waals surface area contributed by atoms with Gasteiger partial charge in [0.2, 0.25) is 5.91 Å². The molecular weight excluding hydrogens is 330 g/mol. The van der Waals surface area contributed by atoms with Gasteiger partial charge >= 0.3 is 5.97 Å². The number of aliphatic carboxylic acids is 1. The Morgan fingerprint density at radius 2 is 1.96 bits per heavy atom. The van der Waals surface area contributed by atoms with Crippen LogP contribution in [0.2, 0.25) is 0 Å². The predicted molar refractivity (Wildman–Crippen MR) is 100 cm³/mol. The quantitative estimate of drug-likeness (QED) is 0.802. The topological polar surface area (TPSA) is 66.8 Å². The van der Waals surface area contributed by atoms with Crippen LogP contribution in [0.25, 0.3) is 10.8 Å². The average Bonchev–Trinajstić information content (AvgIpc) is 2.65. The number of amides is 1. The number of hydrogen-bond acceptors (Lipinski definition) is 3. The van der Waals surface area contributed by atoms with Crippen molar-refractivity contribution in [1.82, 2.24) is 4.90 Å². The second kappa shape index (κ2) is 7.77. The van der Waals surface area contributed by atoms with Gasteiger partial charge in [-0.05, 0) is 37.6 Å². The Bertz CT molecular complexity index is 798. The van der Waals surface area contributed by atoms with Gasteiger partial charge in [-0.25, -0.2) is 0 Å². The smallest absolute Gasteiger partial charge is 0.311 e. The Morgan fingerprint density at radius 1 is 1.19 bits per heavy atom. The number of fused-ring (bicyclic) bond motifs is 1. The number of ether oxygens (including phenoxy) is 1. The number of piperidine rings is 1. The standard InChI is InChI=1S/C21H25NO4/c1-21(20(24)25)12-6-13-22(15-21)19(23)11-5-14-26-18-10-4-8-16-7-2-3-9-17(16)18/h2-4,7-10H,5-6,11-15H2,1H3,(H,24,25). The number of carboxylic acids is 1. The fraction of sp³-hybridized carbons (Fsp3) is 0.429. The molecule has 1 amide bonds. The summed E-state index contributed by atoms with van der Waals surface area (Å²) in [6.07, 6.45) is 2.35. The van der Waals surface area contributed by atoms with Crippen LogP contribution in [-0.4, -0.2) is 41.6 Å². The van der Waals surface area contributed by atoms with Crippen molar-refractivity contribution >= 4 is 22.6 Å². The summed E-state index contributed by atoms with van der Waals surface area (Å²) in [5, 5.41) is 11.6. The first-order valence-corrected chi connectivity index (χ1v) is 9.11. The third-order valence-corrected chi connectivity index (χ3v) is 5.11. The van der Waals surface area contributed by atoms with Gasteiger partial charge in [-0.15, -0.1) is 0 Å². The predicted octanol–water partition coefficient (Wildman–Crippen LogP) is 3.71.